The molecule has 1 heterocycles. The normalized spacial score (nSPS) is 19.2. The Morgan fingerprint density at radius 2 is 1.89 bits per heavy atom. The molecule has 0 amide bonds. The van der Waals surface area contributed by atoms with Crippen molar-refractivity contribution in [1.82, 2.24) is 0 Å². The molecule has 1 aliphatic heterocycles. The number of nitrogens with zero attached hydrogens (tertiary/aromatic N) is 1. The summed E-state index contributed by atoms with van der Waals surface area (Å²) in [6.07, 6.45) is 0. The third-order valence-electron chi connectivity index (χ3n) is 3.31. The maximum Gasteiger partial charge on any atom is 0.101 e. The third-order valence-corrected chi connectivity index (χ3v) is 4.57. The van der Waals surface area contributed by atoms with Crippen molar-refractivity contribution >= 4 is 17.4 Å². The highest BCUT2D eigenvalue weighted by Gasteiger charge is 2.26. The summed E-state index contributed by atoms with van der Waals surface area (Å²) in [5.41, 5.74) is 4.09. The van der Waals surface area contributed by atoms with Crippen LogP contribution in [-0.2, 0) is 0 Å². The smallest absolute Gasteiger partial charge is 0.101 e. The van der Waals surface area contributed by atoms with Crippen LogP contribution in [0.25, 0.3) is 0 Å². The zero-order valence-corrected chi connectivity index (χ0v) is 11.4. The summed E-state index contributed by atoms with van der Waals surface area (Å²) in [7, 11) is 0. The van der Waals surface area contributed by atoms with Crippen molar-refractivity contribution in [3.63, 3.8) is 0 Å². The fraction of sp³-hybridized carbons (Fsp3) is 0.250. The molecule has 0 aliphatic carbocycles. The van der Waals surface area contributed by atoms with E-state index in [9.17, 15) is 0 Å². The molecule has 2 aromatic rings. The van der Waals surface area contributed by atoms with E-state index < -0.39 is 0 Å². The Kier molecular flexibility index (Phi) is 3.28. The molecule has 3 rings (SSSR count). The van der Waals surface area contributed by atoms with Crippen LogP contribution in [0.1, 0.15) is 16.5 Å². The van der Waals surface area contributed by atoms with Gasteiger partial charge in [0.05, 0.1) is 0 Å². The minimum atomic E-state index is 0.465. The molecular formula is C16H17NS. The second-order valence-electron chi connectivity index (χ2n) is 4.67. The van der Waals surface area contributed by atoms with Gasteiger partial charge in [-0.25, -0.2) is 0 Å². The average molecular weight is 255 g/mol. The van der Waals surface area contributed by atoms with Gasteiger partial charge in [0.15, 0.2) is 0 Å². The van der Waals surface area contributed by atoms with Gasteiger partial charge in [-0.05, 0) is 24.6 Å². The van der Waals surface area contributed by atoms with Gasteiger partial charge >= 0.3 is 0 Å². The van der Waals surface area contributed by atoms with Crippen LogP contribution in [-0.4, -0.2) is 12.3 Å². The topological polar surface area (TPSA) is 3.24 Å². The van der Waals surface area contributed by atoms with Crippen LogP contribution < -0.4 is 4.90 Å². The number of para-hydroxylation sites is 1. The Morgan fingerprint density at radius 1 is 1.06 bits per heavy atom. The number of aryl methyl sites for hydroxylation is 1. The van der Waals surface area contributed by atoms with E-state index in [-0.39, 0.29) is 0 Å². The summed E-state index contributed by atoms with van der Waals surface area (Å²) in [6.45, 7) is 3.29. The fourth-order valence-corrected chi connectivity index (χ4v) is 3.73. The lowest BCUT2D eigenvalue weighted by atomic mass is 10.1. The summed E-state index contributed by atoms with van der Waals surface area (Å²) >= 11 is 2.03. The van der Waals surface area contributed by atoms with Crippen molar-refractivity contribution < 1.29 is 0 Å². The summed E-state index contributed by atoms with van der Waals surface area (Å²) in [6, 6.07) is 19.6. The van der Waals surface area contributed by atoms with Crippen LogP contribution in [0.4, 0.5) is 5.69 Å². The SMILES string of the molecule is Cc1cccc([C@@H]2SCCN2c2ccccc2)c1. The lowest BCUT2D eigenvalue weighted by Crippen LogP contribution is -2.22. The standard InChI is InChI=1S/C16H17NS/c1-13-6-5-7-14(12-13)16-17(10-11-18-16)15-8-3-2-4-9-15/h2-9,12,16H,10-11H2,1H3/t16-/m0/s1. The highest BCUT2D eigenvalue weighted by molar-refractivity contribution is 7.99. The van der Waals surface area contributed by atoms with Gasteiger partial charge in [-0.1, -0.05) is 48.0 Å². The number of rotatable bonds is 2. The van der Waals surface area contributed by atoms with Crippen LogP contribution in [0.2, 0.25) is 0 Å². The van der Waals surface area contributed by atoms with E-state index >= 15 is 0 Å². The van der Waals surface area contributed by atoms with E-state index in [4.69, 9.17) is 0 Å². The first-order valence-electron chi connectivity index (χ1n) is 6.34. The molecule has 1 nitrogen and oxygen atoms in total. The van der Waals surface area contributed by atoms with E-state index in [1.165, 1.54) is 22.6 Å². The molecule has 18 heavy (non-hydrogen) atoms. The Balaban J connectivity index is 1.92. The number of hydrogen-bond donors (Lipinski definition) is 0. The van der Waals surface area contributed by atoms with E-state index in [0.717, 1.165) is 6.54 Å². The quantitative estimate of drug-likeness (QED) is 0.789. The van der Waals surface area contributed by atoms with Crippen LogP contribution in [0.3, 0.4) is 0 Å². The van der Waals surface area contributed by atoms with Crippen LogP contribution >= 0.6 is 11.8 Å². The minimum absolute atomic E-state index is 0.465. The lowest BCUT2D eigenvalue weighted by molar-refractivity contribution is 0.857. The van der Waals surface area contributed by atoms with Gasteiger partial charge in [0.2, 0.25) is 0 Å². The molecule has 92 valence electrons. The fourth-order valence-electron chi connectivity index (χ4n) is 2.45. The molecule has 1 fully saturated rings. The van der Waals surface area contributed by atoms with E-state index in [1.807, 2.05) is 11.8 Å². The number of anilines is 1. The van der Waals surface area contributed by atoms with Gasteiger partial charge in [0.25, 0.3) is 0 Å². The monoisotopic (exact) mass is 255 g/mol. The molecule has 0 unspecified atom stereocenters. The largest absolute Gasteiger partial charge is 0.355 e. The average Bonchev–Trinajstić information content (AvgIpc) is 2.89. The third kappa shape index (κ3) is 2.25. The van der Waals surface area contributed by atoms with Crippen molar-refractivity contribution in [1.29, 1.82) is 0 Å². The molecule has 2 aromatic carbocycles. The van der Waals surface area contributed by atoms with Crippen molar-refractivity contribution in [2.24, 2.45) is 0 Å². The molecule has 0 spiro atoms. The Bertz CT molecular complexity index is 524. The maximum absolute atomic E-state index is 2.50. The molecule has 0 N–H and O–H groups in total. The highest BCUT2D eigenvalue weighted by Crippen LogP contribution is 2.40. The maximum atomic E-state index is 2.50. The van der Waals surface area contributed by atoms with Gasteiger partial charge in [0, 0.05) is 18.0 Å². The van der Waals surface area contributed by atoms with Crippen molar-refractivity contribution in [2.45, 2.75) is 12.3 Å². The Morgan fingerprint density at radius 3 is 2.67 bits per heavy atom. The number of hydrogen-bond acceptors (Lipinski definition) is 2. The molecular weight excluding hydrogens is 238 g/mol. The molecule has 0 saturated carbocycles. The first-order chi connectivity index (χ1) is 8.84. The minimum Gasteiger partial charge on any atom is -0.355 e. The summed E-state index contributed by atoms with van der Waals surface area (Å²) in [4.78, 5) is 2.50. The molecule has 0 bridgehead atoms. The zero-order valence-electron chi connectivity index (χ0n) is 10.5. The van der Waals surface area contributed by atoms with E-state index in [1.54, 1.807) is 0 Å². The number of thioether (sulfide) groups is 1. The molecule has 1 atom stereocenters. The Hall–Kier alpha value is -1.41. The van der Waals surface area contributed by atoms with Crippen LogP contribution in [0, 0.1) is 6.92 Å². The summed E-state index contributed by atoms with van der Waals surface area (Å²) in [5.74, 6) is 1.20. The van der Waals surface area contributed by atoms with Crippen molar-refractivity contribution in [3.8, 4) is 0 Å². The van der Waals surface area contributed by atoms with Gasteiger partial charge < -0.3 is 4.90 Å². The first kappa shape index (κ1) is 11.7. The molecule has 0 aromatic heterocycles. The molecule has 2 heteroatoms. The Labute approximate surface area is 113 Å². The summed E-state index contributed by atoms with van der Waals surface area (Å²) in [5, 5.41) is 0.465. The van der Waals surface area contributed by atoms with Gasteiger partial charge in [-0.15, -0.1) is 11.8 Å². The summed E-state index contributed by atoms with van der Waals surface area (Å²) < 4.78 is 0. The van der Waals surface area contributed by atoms with Crippen LogP contribution in [0.5, 0.6) is 0 Å². The predicted octanol–water partition coefficient (Wildman–Crippen LogP) is 4.25. The van der Waals surface area contributed by atoms with E-state index in [0.29, 0.717) is 5.37 Å². The molecule has 1 aliphatic rings. The zero-order chi connectivity index (χ0) is 12.4. The molecule has 1 saturated heterocycles. The second-order valence-corrected chi connectivity index (χ2v) is 5.85. The lowest BCUT2D eigenvalue weighted by Gasteiger charge is -2.26. The van der Waals surface area contributed by atoms with Crippen molar-refractivity contribution in [2.75, 3.05) is 17.2 Å². The van der Waals surface area contributed by atoms with Gasteiger partial charge in [0.1, 0.15) is 5.37 Å². The van der Waals surface area contributed by atoms with E-state index in [2.05, 4.69) is 66.4 Å². The van der Waals surface area contributed by atoms with Gasteiger partial charge in [-0.3, -0.25) is 0 Å². The van der Waals surface area contributed by atoms with Gasteiger partial charge in [-0.2, -0.15) is 0 Å². The number of benzene rings is 2. The molecule has 0 radical (unpaired) electrons. The highest BCUT2D eigenvalue weighted by atomic mass is 32.2. The predicted molar refractivity (Wildman–Crippen MR) is 80.2 cm³/mol. The van der Waals surface area contributed by atoms with Crippen LogP contribution in [0.15, 0.2) is 54.6 Å². The first-order valence-corrected chi connectivity index (χ1v) is 7.39. The van der Waals surface area contributed by atoms with Crippen molar-refractivity contribution in [3.05, 3.63) is 65.7 Å². The second kappa shape index (κ2) is 5.07.